The number of ether oxygens (including phenoxy) is 1. The minimum Gasteiger partial charge on any atom is -0.383 e. The summed E-state index contributed by atoms with van der Waals surface area (Å²) in [5.74, 6) is 0.914. The van der Waals surface area contributed by atoms with Crippen LogP contribution in [-0.2, 0) is 15.3 Å². The van der Waals surface area contributed by atoms with Gasteiger partial charge in [-0.25, -0.2) is 0 Å². The van der Waals surface area contributed by atoms with Crippen LogP contribution in [0.1, 0.15) is 21.5 Å². The van der Waals surface area contributed by atoms with Crippen LogP contribution in [0.25, 0.3) is 0 Å². The number of hydrogen-bond acceptors (Lipinski definition) is 4. The van der Waals surface area contributed by atoms with Crippen LogP contribution in [0, 0.1) is 6.92 Å². The number of rotatable bonds is 9. The molecule has 0 saturated carbocycles. The van der Waals surface area contributed by atoms with Gasteiger partial charge in [-0.3, -0.25) is 9.59 Å². The van der Waals surface area contributed by atoms with E-state index in [2.05, 4.69) is 10.6 Å². The topological polar surface area (TPSA) is 67.4 Å². The van der Waals surface area contributed by atoms with Gasteiger partial charge in [-0.15, -0.1) is 11.8 Å². The number of hydrogen-bond donors (Lipinski definition) is 2. The van der Waals surface area contributed by atoms with Crippen molar-refractivity contribution in [1.29, 1.82) is 0 Å². The monoisotopic (exact) mass is 406 g/mol. The molecule has 5 nitrogen and oxygen atoms in total. The zero-order chi connectivity index (χ0) is 19.6. The summed E-state index contributed by atoms with van der Waals surface area (Å²) in [6, 6.07) is 12.7. The zero-order valence-corrected chi connectivity index (χ0v) is 17.0. The molecule has 0 aliphatic heterocycles. The van der Waals surface area contributed by atoms with Crippen LogP contribution >= 0.6 is 23.4 Å². The highest BCUT2D eigenvalue weighted by Crippen LogP contribution is 2.20. The van der Waals surface area contributed by atoms with E-state index >= 15 is 0 Å². The number of anilines is 1. The summed E-state index contributed by atoms with van der Waals surface area (Å²) in [4.78, 5) is 24.0. The summed E-state index contributed by atoms with van der Waals surface area (Å²) in [7, 11) is 1.60. The fourth-order valence-corrected chi connectivity index (χ4v) is 3.22. The highest BCUT2D eigenvalue weighted by molar-refractivity contribution is 7.99. The molecule has 0 fully saturated rings. The van der Waals surface area contributed by atoms with Crippen LogP contribution < -0.4 is 10.6 Å². The van der Waals surface area contributed by atoms with Crippen LogP contribution in [0.4, 0.5) is 5.69 Å². The van der Waals surface area contributed by atoms with Crippen molar-refractivity contribution in [2.24, 2.45) is 0 Å². The molecule has 2 rings (SSSR count). The fraction of sp³-hybridized carbons (Fsp3) is 0.300. The van der Waals surface area contributed by atoms with Crippen LogP contribution in [0.15, 0.2) is 42.5 Å². The summed E-state index contributed by atoms with van der Waals surface area (Å²) in [5, 5.41) is 6.31. The summed E-state index contributed by atoms with van der Waals surface area (Å²) < 4.78 is 4.88. The van der Waals surface area contributed by atoms with E-state index in [9.17, 15) is 9.59 Å². The van der Waals surface area contributed by atoms with E-state index in [1.165, 1.54) is 11.8 Å². The highest BCUT2D eigenvalue weighted by Gasteiger charge is 2.08. The van der Waals surface area contributed by atoms with Gasteiger partial charge in [-0.2, -0.15) is 0 Å². The molecular weight excluding hydrogens is 384 g/mol. The minimum atomic E-state index is -0.173. The van der Waals surface area contributed by atoms with Crippen molar-refractivity contribution in [3.63, 3.8) is 0 Å². The molecule has 0 atom stereocenters. The Morgan fingerprint density at radius 3 is 2.56 bits per heavy atom. The van der Waals surface area contributed by atoms with Gasteiger partial charge in [0, 0.05) is 35.7 Å². The van der Waals surface area contributed by atoms with E-state index in [1.54, 1.807) is 31.4 Å². The van der Waals surface area contributed by atoms with Gasteiger partial charge < -0.3 is 15.4 Å². The van der Waals surface area contributed by atoms with Crippen molar-refractivity contribution in [2.75, 3.05) is 31.3 Å². The van der Waals surface area contributed by atoms with Crippen molar-refractivity contribution in [3.8, 4) is 0 Å². The molecular formula is C20H23ClN2O3S. The Hall–Kier alpha value is -2.02. The summed E-state index contributed by atoms with van der Waals surface area (Å²) >= 11 is 7.53. The number of benzene rings is 2. The Labute approximate surface area is 168 Å². The third kappa shape index (κ3) is 7.25. The van der Waals surface area contributed by atoms with Gasteiger partial charge in [0.05, 0.1) is 12.4 Å². The quantitative estimate of drug-likeness (QED) is 0.620. The lowest BCUT2D eigenvalue weighted by Crippen LogP contribution is -2.28. The SMILES string of the molecule is COCCNC(=O)CSCc1ccc(C(=O)Nc2ccc(Cl)c(C)c2)cc1. The van der Waals surface area contributed by atoms with E-state index in [1.807, 2.05) is 25.1 Å². The van der Waals surface area contributed by atoms with E-state index in [0.29, 0.717) is 40.9 Å². The van der Waals surface area contributed by atoms with Crippen LogP contribution in [0.5, 0.6) is 0 Å². The first-order chi connectivity index (χ1) is 13.0. The van der Waals surface area contributed by atoms with Crippen molar-refractivity contribution in [3.05, 3.63) is 64.2 Å². The number of amides is 2. The summed E-state index contributed by atoms with van der Waals surface area (Å²) in [6.07, 6.45) is 0. The molecule has 2 aromatic carbocycles. The Morgan fingerprint density at radius 1 is 1.15 bits per heavy atom. The zero-order valence-electron chi connectivity index (χ0n) is 15.4. The molecule has 2 N–H and O–H groups in total. The molecule has 0 unspecified atom stereocenters. The average Bonchev–Trinajstić information content (AvgIpc) is 2.65. The van der Waals surface area contributed by atoms with Crippen molar-refractivity contribution < 1.29 is 14.3 Å². The predicted octanol–water partition coefficient (Wildman–Crippen LogP) is 3.90. The Bertz CT molecular complexity index is 781. The molecule has 2 aromatic rings. The average molecular weight is 407 g/mol. The van der Waals surface area contributed by atoms with Gasteiger partial charge >= 0.3 is 0 Å². The van der Waals surface area contributed by atoms with Gasteiger partial charge in [-0.05, 0) is 48.4 Å². The highest BCUT2D eigenvalue weighted by atomic mass is 35.5. The lowest BCUT2D eigenvalue weighted by Gasteiger charge is -2.08. The Kier molecular flexibility index (Phi) is 8.64. The fourth-order valence-electron chi connectivity index (χ4n) is 2.28. The normalized spacial score (nSPS) is 10.5. The van der Waals surface area contributed by atoms with E-state index in [4.69, 9.17) is 16.3 Å². The summed E-state index contributed by atoms with van der Waals surface area (Å²) in [5.41, 5.74) is 3.26. The van der Waals surface area contributed by atoms with Crippen molar-refractivity contribution in [1.82, 2.24) is 5.32 Å². The molecule has 0 heterocycles. The first-order valence-electron chi connectivity index (χ1n) is 8.49. The molecule has 0 saturated heterocycles. The van der Waals surface area contributed by atoms with Gasteiger partial charge in [-0.1, -0.05) is 23.7 Å². The van der Waals surface area contributed by atoms with Crippen LogP contribution in [-0.4, -0.2) is 37.8 Å². The number of carbonyl (C=O) groups is 2. The van der Waals surface area contributed by atoms with Gasteiger partial charge in [0.2, 0.25) is 5.91 Å². The lowest BCUT2D eigenvalue weighted by atomic mass is 10.1. The second-order valence-corrected chi connectivity index (χ2v) is 7.34. The molecule has 7 heteroatoms. The smallest absolute Gasteiger partial charge is 0.255 e. The Morgan fingerprint density at radius 2 is 1.89 bits per heavy atom. The maximum Gasteiger partial charge on any atom is 0.255 e. The van der Waals surface area contributed by atoms with Crippen molar-refractivity contribution in [2.45, 2.75) is 12.7 Å². The van der Waals surface area contributed by atoms with Gasteiger partial charge in [0.25, 0.3) is 5.91 Å². The van der Waals surface area contributed by atoms with Crippen LogP contribution in [0.3, 0.4) is 0 Å². The number of aryl methyl sites for hydroxylation is 1. The maximum atomic E-state index is 12.3. The maximum absolute atomic E-state index is 12.3. The minimum absolute atomic E-state index is 0.00805. The largest absolute Gasteiger partial charge is 0.383 e. The first-order valence-corrected chi connectivity index (χ1v) is 10.0. The first kappa shape index (κ1) is 21.3. The number of halogens is 1. The molecule has 27 heavy (non-hydrogen) atoms. The lowest BCUT2D eigenvalue weighted by molar-refractivity contribution is -0.118. The molecule has 0 aliphatic carbocycles. The number of methoxy groups -OCH3 is 1. The molecule has 0 radical (unpaired) electrons. The van der Waals surface area contributed by atoms with E-state index < -0.39 is 0 Å². The second-order valence-electron chi connectivity index (χ2n) is 5.95. The number of carbonyl (C=O) groups excluding carboxylic acids is 2. The molecule has 0 aromatic heterocycles. The molecule has 144 valence electrons. The molecule has 0 aliphatic rings. The van der Waals surface area contributed by atoms with E-state index in [0.717, 1.165) is 11.1 Å². The van der Waals surface area contributed by atoms with Gasteiger partial charge in [0.1, 0.15) is 0 Å². The third-order valence-corrected chi connectivity index (χ3v) is 5.19. The number of thioether (sulfide) groups is 1. The number of nitrogens with one attached hydrogen (secondary N) is 2. The van der Waals surface area contributed by atoms with Gasteiger partial charge in [0.15, 0.2) is 0 Å². The summed E-state index contributed by atoms with van der Waals surface area (Å²) in [6.45, 7) is 2.92. The molecule has 0 bridgehead atoms. The third-order valence-electron chi connectivity index (χ3n) is 3.76. The standard InChI is InChI=1S/C20H23ClN2O3S/c1-14-11-17(7-8-18(14)21)23-20(25)16-5-3-15(4-6-16)12-27-13-19(24)22-9-10-26-2/h3-8,11H,9-10,12-13H2,1-2H3,(H,22,24)(H,23,25). The van der Waals surface area contributed by atoms with E-state index in [-0.39, 0.29) is 11.8 Å². The predicted molar refractivity (Wildman–Crippen MR) is 112 cm³/mol. The van der Waals surface area contributed by atoms with Crippen LogP contribution in [0.2, 0.25) is 5.02 Å². The Balaban J connectivity index is 1.81. The van der Waals surface area contributed by atoms with Crippen molar-refractivity contribution >= 4 is 40.9 Å². The molecule has 2 amide bonds. The molecule has 0 spiro atoms. The second kappa shape index (κ2) is 11.0.